The quantitative estimate of drug-likeness (QED) is 0.490. The van der Waals surface area contributed by atoms with Gasteiger partial charge in [0.15, 0.2) is 4.80 Å². The predicted molar refractivity (Wildman–Crippen MR) is 126 cm³/mol. The van der Waals surface area contributed by atoms with E-state index < -0.39 is 26.0 Å². The maximum atomic E-state index is 12.8. The van der Waals surface area contributed by atoms with Gasteiger partial charge in [0, 0.05) is 25.2 Å². The Labute approximate surface area is 195 Å². The highest BCUT2D eigenvalue weighted by Gasteiger charge is 2.35. The first-order chi connectivity index (χ1) is 15.5. The van der Waals surface area contributed by atoms with E-state index in [0.29, 0.717) is 21.6 Å². The number of sulfonamides is 2. The van der Waals surface area contributed by atoms with Gasteiger partial charge in [0.1, 0.15) is 0 Å². The first-order valence-electron chi connectivity index (χ1n) is 9.96. The highest BCUT2D eigenvalue weighted by molar-refractivity contribution is 7.89. The summed E-state index contributed by atoms with van der Waals surface area (Å²) in [6, 6.07) is 10.1. The third-order valence-electron chi connectivity index (χ3n) is 5.33. The Morgan fingerprint density at radius 3 is 2.39 bits per heavy atom. The number of nitrogens with two attached hydrogens (primary N) is 1. The molecule has 12 heteroatoms. The summed E-state index contributed by atoms with van der Waals surface area (Å²) in [4.78, 5) is 17.4. The van der Waals surface area contributed by atoms with Crippen molar-refractivity contribution < 1.29 is 21.6 Å². The molecule has 0 radical (unpaired) electrons. The first kappa shape index (κ1) is 23.5. The summed E-state index contributed by atoms with van der Waals surface area (Å²) in [7, 11) is -5.92. The van der Waals surface area contributed by atoms with Gasteiger partial charge in [0.25, 0.3) is 5.91 Å². The summed E-state index contributed by atoms with van der Waals surface area (Å²) >= 11 is 1.14. The molecule has 1 amide bonds. The third kappa shape index (κ3) is 4.70. The zero-order chi connectivity index (χ0) is 24.0. The number of nitrogens with zero attached hydrogens (tertiary/aromatic N) is 3. The molecule has 2 N–H and O–H groups in total. The molecule has 0 atom stereocenters. The molecule has 1 aliphatic rings. The first-order valence-corrected chi connectivity index (χ1v) is 13.8. The maximum absolute atomic E-state index is 12.8. The Kier molecular flexibility index (Phi) is 6.14. The van der Waals surface area contributed by atoms with Gasteiger partial charge < -0.3 is 4.57 Å². The van der Waals surface area contributed by atoms with Crippen LogP contribution >= 0.6 is 11.3 Å². The van der Waals surface area contributed by atoms with Crippen molar-refractivity contribution in [3.63, 3.8) is 0 Å². The number of aromatic nitrogens is 1. The Hall–Kier alpha value is -2.64. The van der Waals surface area contributed by atoms with Crippen molar-refractivity contribution in [2.75, 3.05) is 7.05 Å². The fourth-order valence-electron chi connectivity index (χ4n) is 3.34. The fourth-order valence-corrected chi connectivity index (χ4v) is 6.45. The van der Waals surface area contributed by atoms with Gasteiger partial charge in [0.2, 0.25) is 20.0 Å². The predicted octanol–water partition coefficient (Wildman–Crippen LogP) is 2.06. The second-order valence-corrected chi connectivity index (χ2v) is 12.2. The molecular formula is C21H22N4O5S3. The van der Waals surface area contributed by atoms with Gasteiger partial charge in [-0.05, 0) is 55.3 Å². The Morgan fingerprint density at radius 1 is 1.18 bits per heavy atom. The van der Waals surface area contributed by atoms with E-state index in [9.17, 15) is 21.6 Å². The third-order valence-corrected chi connectivity index (χ3v) is 9.21. The Bertz CT molecular complexity index is 1530. The van der Waals surface area contributed by atoms with Crippen molar-refractivity contribution in [3.8, 4) is 0 Å². The van der Waals surface area contributed by atoms with Crippen LogP contribution in [0, 0.1) is 0 Å². The summed E-state index contributed by atoms with van der Waals surface area (Å²) in [5.74, 6) is -0.550. The molecule has 1 aromatic heterocycles. The highest BCUT2D eigenvalue weighted by atomic mass is 32.2. The van der Waals surface area contributed by atoms with Crippen LogP contribution < -0.4 is 9.94 Å². The number of allylic oxidation sites excluding steroid dienone is 1. The zero-order valence-electron chi connectivity index (χ0n) is 17.7. The minimum atomic E-state index is -3.87. The lowest BCUT2D eigenvalue weighted by Gasteiger charge is -2.16. The Morgan fingerprint density at radius 2 is 1.82 bits per heavy atom. The van der Waals surface area contributed by atoms with Crippen LogP contribution in [0.15, 0.2) is 69.9 Å². The number of benzene rings is 2. The maximum Gasteiger partial charge on any atom is 0.279 e. The molecule has 9 nitrogen and oxygen atoms in total. The van der Waals surface area contributed by atoms with Crippen molar-refractivity contribution in [3.05, 3.63) is 65.5 Å². The van der Waals surface area contributed by atoms with Gasteiger partial charge in [-0.3, -0.25) is 4.79 Å². The van der Waals surface area contributed by atoms with Gasteiger partial charge >= 0.3 is 0 Å². The van der Waals surface area contributed by atoms with Gasteiger partial charge in [0.05, 0.1) is 20.0 Å². The van der Waals surface area contributed by atoms with Crippen LogP contribution in [-0.4, -0.2) is 44.7 Å². The number of carbonyl (C=O) groups excluding carboxylic acids is 1. The summed E-state index contributed by atoms with van der Waals surface area (Å²) in [5, 5.41) is 5.22. The standard InChI is InChI=1S/C21H22N4O5S3/c1-3-12-25-18-11-10-17(32(22,27)28)13-19(18)31-21(25)23-20(26)14-4-8-16(9-5-14)33(29,30)24(2)15-6-7-15/h3-5,8-11,13,15H,1,6-7,12H2,2H3,(H2,22,27,28). The van der Waals surface area contributed by atoms with E-state index in [4.69, 9.17) is 5.14 Å². The monoisotopic (exact) mass is 506 g/mol. The molecule has 0 saturated heterocycles. The van der Waals surface area contributed by atoms with Crippen molar-refractivity contribution in [1.29, 1.82) is 0 Å². The number of thiazole rings is 1. The number of carbonyl (C=O) groups is 1. The molecule has 0 spiro atoms. The molecule has 1 saturated carbocycles. The molecule has 0 bridgehead atoms. The normalized spacial score (nSPS) is 15.3. The molecule has 0 unspecified atom stereocenters. The lowest BCUT2D eigenvalue weighted by atomic mass is 10.2. The van der Waals surface area contributed by atoms with Crippen molar-refractivity contribution in [2.45, 2.75) is 35.2 Å². The molecule has 0 aliphatic heterocycles. The van der Waals surface area contributed by atoms with Crippen LogP contribution in [0.2, 0.25) is 0 Å². The molecule has 2 aromatic carbocycles. The van der Waals surface area contributed by atoms with E-state index in [0.717, 1.165) is 24.2 Å². The second kappa shape index (κ2) is 8.61. The van der Waals surface area contributed by atoms with E-state index in [1.807, 2.05) is 0 Å². The second-order valence-electron chi connectivity index (χ2n) is 7.65. The molecule has 4 rings (SSSR count). The van der Waals surface area contributed by atoms with Gasteiger partial charge in [-0.2, -0.15) is 9.30 Å². The van der Waals surface area contributed by atoms with E-state index in [-0.39, 0.29) is 21.4 Å². The van der Waals surface area contributed by atoms with E-state index >= 15 is 0 Å². The Balaban J connectivity index is 1.70. The number of amides is 1. The van der Waals surface area contributed by atoms with Crippen LogP contribution in [0.1, 0.15) is 23.2 Å². The number of fused-ring (bicyclic) bond motifs is 1. The molecule has 174 valence electrons. The van der Waals surface area contributed by atoms with Crippen LogP contribution in [0.5, 0.6) is 0 Å². The fraction of sp³-hybridized carbons (Fsp3) is 0.238. The molecule has 1 aliphatic carbocycles. The minimum absolute atomic E-state index is 0.0344. The van der Waals surface area contributed by atoms with Gasteiger partial charge in [-0.25, -0.2) is 22.0 Å². The summed E-state index contributed by atoms with van der Waals surface area (Å²) in [5.41, 5.74) is 0.916. The number of hydrogen-bond donors (Lipinski definition) is 1. The minimum Gasteiger partial charge on any atom is -0.312 e. The SMILES string of the molecule is C=CCn1c(=NC(=O)c2ccc(S(=O)(=O)N(C)C3CC3)cc2)sc2cc(S(N)(=O)=O)ccc21. The van der Waals surface area contributed by atoms with E-state index in [1.54, 1.807) is 23.8 Å². The van der Waals surface area contributed by atoms with Crippen molar-refractivity contribution >= 4 is 47.5 Å². The summed E-state index contributed by atoms with van der Waals surface area (Å²) < 4.78 is 52.4. The van der Waals surface area contributed by atoms with Crippen LogP contribution in [-0.2, 0) is 26.6 Å². The largest absolute Gasteiger partial charge is 0.312 e. The van der Waals surface area contributed by atoms with E-state index in [2.05, 4.69) is 11.6 Å². The summed E-state index contributed by atoms with van der Waals surface area (Å²) in [6.07, 6.45) is 3.34. The molecule has 1 heterocycles. The number of primary sulfonamides is 1. The van der Waals surface area contributed by atoms with Crippen LogP contribution in [0.3, 0.4) is 0 Å². The average molecular weight is 507 g/mol. The van der Waals surface area contributed by atoms with E-state index in [1.165, 1.54) is 40.7 Å². The lowest BCUT2D eigenvalue weighted by molar-refractivity contribution is 0.0997. The summed E-state index contributed by atoms with van der Waals surface area (Å²) in [6.45, 7) is 4.07. The molecule has 1 fully saturated rings. The smallest absolute Gasteiger partial charge is 0.279 e. The van der Waals surface area contributed by atoms with Crippen molar-refractivity contribution in [1.82, 2.24) is 8.87 Å². The molecule has 33 heavy (non-hydrogen) atoms. The van der Waals surface area contributed by atoms with Gasteiger partial charge in [-0.15, -0.1) is 6.58 Å². The van der Waals surface area contributed by atoms with Gasteiger partial charge in [-0.1, -0.05) is 17.4 Å². The molecular weight excluding hydrogens is 484 g/mol. The average Bonchev–Trinajstić information content (AvgIpc) is 3.56. The van der Waals surface area contributed by atoms with Crippen LogP contribution in [0.25, 0.3) is 10.2 Å². The highest BCUT2D eigenvalue weighted by Crippen LogP contribution is 2.30. The lowest BCUT2D eigenvalue weighted by Crippen LogP contribution is -2.28. The topological polar surface area (TPSA) is 132 Å². The zero-order valence-corrected chi connectivity index (χ0v) is 20.2. The number of hydrogen-bond acceptors (Lipinski definition) is 6. The number of rotatable bonds is 7. The van der Waals surface area contributed by atoms with Crippen molar-refractivity contribution in [2.24, 2.45) is 10.1 Å². The van der Waals surface area contributed by atoms with Crippen LogP contribution in [0.4, 0.5) is 0 Å². The molecule has 3 aromatic rings.